The van der Waals surface area contributed by atoms with E-state index >= 15 is 0 Å². The number of halogens is 2. The molecule has 1 aliphatic rings. The Morgan fingerprint density at radius 2 is 1.82 bits per heavy atom. The fourth-order valence-electron chi connectivity index (χ4n) is 2.25. The van der Waals surface area contributed by atoms with Crippen LogP contribution in [0.1, 0.15) is 5.56 Å². The van der Waals surface area contributed by atoms with Gasteiger partial charge in [-0.05, 0) is 23.8 Å². The fourth-order valence-corrected chi connectivity index (χ4v) is 2.25. The topological polar surface area (TPSA) is 64.4 Å². The van der Waals surface area contributed by atoms with Crippen molar-refractivity contribution in [1.29, 1.82) is 0 Å². The van der Waals surface area contributed by atoms with E-state index in [0.717, 1.165) is 0 Å². The largest absolute Gasteiger partial charge is 0.444 e. The molecule has 0 bridgehead atoms. The molecule has 112 valence electrons. The average Bonchev–Trinajstić information content (AvgIpc) is 2.49. The summed E-state index contributed by atoms with van der Waals surface area (Å²) in [6, 6.07) is 10.5. The molecule has 0 aliphatic carbocycles. The molecular weight excluding hydrogens is 290 g/mol. The van der Waals surface area contributed by atoms with Crippen LogP contribution in [0.25, 0.3) is 0 Å². The number of anilines is 1. The number of nitrogens with one attached hydrogen (secondary N) is 1. The van der Waals surface area contributed by atoms with Crippen LogP contribution in [0.15, 0.2) is 53.9 Å². The van der Waals surface area contributed by atoms with E-state index in [1.807, 2.05) is 0 Å². The zero-order valence-electron chi connectivity index (χ0n) is 11.4. The molecule has 0 atom stereocenters. The predicted octanol–water partition coefficient (Wildman–Crippen LogP) is 2.71. The Bertz CT molecular complexity index is 787. The van der Waals surface area contributed by atoms with Crippen molar-refractivity contribution in [3.8, 4) is 5.75 Å². The van der Waals surface area contributed by atoms with Crippen molar-refractivity contribution in [3.63, 3.8) is 0 Å². The Balaban J connectivity index is 2.01. The molecule has 4 nitrogen and oxygen atoms in total. The molecule has 0 spiro atoms. The third kappa shape index (κ3) is 2.50. The minimum atomic E-state index is -0.854. The van der Waals surface area contributed by atoms with Crippen LogP contribution in [0, 0.1) is 11.6 Å². The molecule has 3 rings (SSSR count). The monoisotopic (exact) mass is 302 g/mol. The zero-order valence-corrected chi connectivity index (χ0v) is 11.4. The first kappa shape index (κ1) is 14.1. The van der Waals surface area contributed by atoms with E-state index in [0.29, 0.717) is 11.3 Å². The number of rotatable bonds is 3. The number of allylic oxidation sites excluding steroid dienone is 1. The summed E-state index contributed by atoms with van der Waals surface area (Å²) in [6.45, 7) is 0. The maximum Gasteiger partial charge on any atom is 0.286 e. The summed E-state index contributed by atoms with van der Waals surface area (Å²) < 4.78 is 32.8. The first-order valence-corrected chi connectivity index (χ1v) is 6.56. The first-order chi connectivity index (χ1) is 10.6. The molecular formula is C16H12F2N2O2. The van der Waals surface area contributed by atoms with Gasteiger partial charge in [-0.25, -0.2) is 8.78 Å². The van der Waals surface area contributed by atoms with E-state index < -0.39 is 17.5 Å². The fraction of sp³-hybridized carbons (Fsp3) is 0.0625. The second kappa shape index (κ2) is 5.48. The number of carbonyl (C=O) groups excluding carboxylic acids is 1. The maximum absolute atomic E-state index is 13.8. The van der Waals surface area contributed by atoms with E-state index in [-0.39, 0.29) is 23.6 Å². The van der Waals surface area contributed by atoms with Gasteiger partial charge in [-0.15, -0.1) is 0 Å². The predicted molar refractivity (Wildman–Crippen MR) is 77.0 cm³/mol. The molecule has 2 aromatic carbocycles. The maximum atomic E-state index is 13.8. The number of fused-ring (bicyclic) bond motifs is 1. The van der Waals surface area contributed by atoms with Crippen LogP contribution in [0.4, 0.5) is 14.5 Å². The van der Waals surface area contributed by atoms with E-state index in [1.165, 1.54) is 18.2 Å². The quantitative estimate of drug-likeness (QED) is 0.916. The highest BCUT2D eigenvalue weighted by Crippen LogP contribution is 2.35. The van der Waals surface area contributed by atoms with Crippen molar-refractivity contribution in [2.45, 2.75) is 6.42 Å². The van der Waals surface area contributed by atoms with Crippen LogP contribution >= 0.6 is 0 Å². The Kier molecular flexibility index (Phi) is 3.50. The Morgan fingerprint density at radius 1 is 1.09 bits per heavy atom. The van der Waals surface area contributed by atoms with Gasteiger partial charge in [-0.2, -0.15) is 0 Å². The summed E-state index contributed by atoms with van der Waals surface area (Å²) >= 11 is 0. The van der Waals surface area contributed by atoms with E-state index in [2.05, 4.69) is 5.32 Å². The number of carbonyl (C=O) groups is 1. The standard InChI is InChI=1S/C16H12F2N2O2/c17-10-5-2-1-4-9(10)8-13-15(16(19)21)22-14-11(18)6-3-7-12(14)20-13/h1-7,20H,8H2,(H2,19,21). The highest BCUT2D eigenvalue weighted by atomic mass is 19.1. The summed E-state index contributed by atoms with van der Waals surface area (Å²) in [6.07, 6.45) is 0.0703. The number of ether oxygens (including phenoxy) is 1. The lowest BCUT2D eigenvalue weighted by Gasteiger charge is -2.23. The van der Waals surface area contributed by atoms with Crippen LogP contribution in [-0.4, -0.2) is 5.91 Å². The van der Waals surface area contributed by atoms with Crippen LogP contribution in [-0.2, 0) is 11.2 Å². The SMILES string of the molecule is NC(=O)C1=C(Cc2ccccc2F)Nc2cccc(F)c2O1. The number of benzene rings is 2. The number of para-hydroxylation sites is 1. The molecule has 1 amide bonds. The van der Waals surface area contributed by atoms with Crippen molar-refractivity contribution < 1.29 is 18.3 Å². The average molecular weight is 302 g/mol. The van der Waals surface area contributed by atoms with Crippen molar-refractivity contribution in [2.24, 2.45) is 5.73 Å². The minimum Gasteiger partial charge on any atom is -0.444 e. The highest BCUT2D eigenvalue weighted by Gasteiger charge is 2.26. The van der Waals surface area contributed by atoms with Gasteiger partial charge in [0, 0.05) is 6.42 Å². The van der Waals surface area contributed by atoms with Crippen LogP contribution in [0.2, 0.25) is 0 Å². The molecule has 3 N–H and O–H groups in total. The molecule has 0 unspecified atom stereocenters. The highest BCUT2D eigenvalue weighted by molar-refractivity contribution is 5.93. The van der Waals surface area contributed by atoms with Crippen LogP contribution < -0.4 is 15.8 Å². The summed E-state index contributed by atoms with van der Waals surface area (Å²) in [5.41, 5.74) is 6.29. The van der Waals surface area contributed by atoms with Gasteiger partial charge in [0.05, 0.1) is 11.4 Å². The molecule has 1 aliphatic heterocycles. The van der Waals surface area contributed by atoms with E-state index in [9.17, 15) is 13.6 Å². The summed E-state index contributed by atoms with van der Waals surface area (Å²) in [5, 5.41) is 2.89. The Labute approximate surface area is 125 Å². The van der Waals surface area contributed by atoms with Crippen molar-refractivity contribution in [3.05, 3.63) is 71.1 Å². The molecule has 1 heterocycles. The number of amides is 1. The summed E-state index contributed by atoms with van der Waals surface area (Å²) in [5.74, 6) is -2.21. The molecule has 2 aromatic rings. The Morgan fingerprint density at radius 3 is 2.55 bits per heavy atom. The lowest BCUT2D eigenvalue weighted by Crippen LogP contribution is -2.27. The molecule has 0 radical (unpaired) electrons. The molecule has 0 saturated carbocycles. The number of hydrogen-bond acceptors (Lipinski definition) is 3. The van der Waals surface area contributed by atoms with Gasteiger partial charge in [0.1, 0.15) is 5.82 Å². The first-order valence-electron chi connectivity index (χ1n) is 6.56. The number of hydrogen-bond donors (Lipinski definition) is 2. The molecule has 6 heteroatoms. The van der Waals surface area contributed by atoms with Gasteiger partial charge in [0.2, 0.25) is 5.76 Å². The third-order valence-electron chi connectivity index (χ3n) is 3.28. The van der Waals surface area contributed by atoms with Gasteiger partial charge in [0.15, 0.2) is 11.6 Å². The van der Waals surface area contributed by atoms with Gasteiger partial charge >= 0.3 is 0 Å². The summed E-state index contributed by atoms with van der Waals surface area (Å²) in [7, 11) is 0. The van der Waals surface area contributed by atoms with Gasteiger partial charge in [-0.1, -0.05) is 24.3 Å². The lowest BCUT2D eigenvalue weighted by atomic mass is 10.1. The normalized spacial score (nSPS) is 13.2. The van der Waals surface area contributed by atoms with Gasteiger partial charge in [-0.3, -0.25) is 4.79 Å². The number of nitrogens with two attached hydrogens (primary N) is 1. The smallest absolute Gasteiger partial charge is 0.286 e. The molecule has 0 saturated heterocycles. The van der Waals surface area contributed by atoms with E-state index in [1.54, 1.807) is 24.3 Å². The second-order valence-corrected chi connectivity index (χ2v) is 4.78. The number of primary amides is 1. The van der Waals surface area contributed by atoms with Crippen LogP contribution in [0.3, 0.4) is 0 Å². The van der Waals surface area contributed by atoms with Crippen molar-refractivity contribution in [2.75, 3.05) is 5.32 Å². The molecule has 0 aromatic heterocycles. The van der Waals surface area contributed by atoms with Gasteiger partial charge in [0.25, 0.3) is 5.91 Å². The third-order valence-corrected chi connectivity index (χ3v) is 3.28. The van der Waals surface area contributed by atoms with Crippen molar-refractivity contribution >= 4 is 11.6 Å². The molecule has 22 heavy (non-hydrogen) atoms. The van der Waals surface area contributed by atoms with E-state index in [4.69, 9.17) is 10.5 Å². The zero-order chi connectivity index (χ0) is 15.7. The Hall–Kier alpha value is -2.89. The van der Waals surface area contributed by atoms with Crippen molar-refractivity contribution in [1.82, 2.24) is 0 Å². The second-order valence-electron chi connectivity index (χ2n) is 4.78. The van der Waals surface area contributed by atoms with Gasteiger partial charge < -0.3 is 15.8 Å². The molecule has 0 fully saturated rings. The lowest BCUT2D eigenvalue weighted by molar-refractivity contribution is -0.116. The minimum absolute atomic E-state index is 0.0703. The summed E-state index contributed by atoms with van der Waals surface area (Å²) in [4.78, 5) is 11.5. The van der Waals surface area contributed by atoms with Crippen LogP contribution in [0.5, 0.6) is 5.75 Å².